The second-order valence-corrected chi connectivity index (χ2v) is 6.31. The molecule has 0 spiro atoms. The van der Waals surface area contributed by atoms with Crippen LogP contribution < -0.4 is 15.4 Å². The molecule has 8 heteroatoms. The fraction of sp³-hybridized carbons (Fsp3) is 0.227. The van der Waals surface area contributed by atoms with E-state index in [1.54, 1.807) is 55.5 Å². The van der Waals surface area contributed by atoms with Gasteiger partial charge in [0.25, 0.3) is 5.91 Å². The van der Waals surface area contributed by atoms with Crippen molar-refractivity contribution in [1.82, 2.24) is 0 Å². The number of ether oxygens (including phenoxy) is 2. The lowest BCUT2D eigenvalue weighted by Gasteiger charge is -2.10. The number of amides is 2. The molecular formula is C22H22N2O6. The van der Waals surface area contributed by atoms with E-state index < -0.39 is 17.8 Å². The Hall–Kier alpha value is -3.81. The van der Waals surface area contributed by atoms with Gasteiger partial charge in [0.15, 0.2) is 0 Å². The molecule has 2 aromatic carbocycles. The molecule has 1 aromatic heterocycles. The van der Waals surface area contributed by atoms with E-state index >= 15 is 0 Å². The molecule has 0 aliphatic heterocycles. The van der Waals surface area contributed by atoms with Gasteiger partial charge < -0.3 is 24.5 Å². The van der Waals surface area contributed by atoms with E-state index in [1.165, 1.54) is 7.11 Å². The second kappa shape index (κ2) is 9.60. The number of hydrogen-bond acceptors (Lipinski definition) is 6. The molecule has 0 atom stereocenters. The number of nitrogens with one attached hydrogen (secondary N) is 2. The van der Waals surface area contributed by atoms with Crippen molar-refractivity contribution in [3.8, 4) is 5.75 Å². The van der Waals surface area contributed by atoms with E-state index in [-0.39, 0.29) is 30.9 Å². The number of methoxy groups -OCH3 is 1. The fourth-order valence-corrected chi connectivity index (χ4v) is 2.91. The molecule has 0 unspecified atom stereocenters. The Kier molecular flexibility index (Phi) is 6.69. The van der Waals surface area contributed by atoms with E-state index in [4.69, 9.17) is 13.9 Å². The highest BCUT2D eigenvalue weighted by Crippen LogP contribution is 2.32. The van der Waals surface area contributed by atoms with Crippen molar-refractivity contribution in [3.05, 3.63) is 54.3 Å². The number of para-hydroxylation sites is 3. The molecule has 156 valence electrons. The smallest absolute Gasteiger partial charge is 0.306 e. The van der Waals surface area contributed by atoms with E-state index in [0.29, 0.717) is 22.4 Å². The SMILES string of the molecule is CCOC(=O)CCC(=O)Nc1c(C(=O)Nc2ccccc2OC)oc2ccccc12. The molecule has 0 fully saturated rings. The number of anilines is 2. The Morgan fingerprint density at radius 2 is 1.70 bits per heavy atom. The molecule has 1 heterocycles. The van der Waals surface area contributed by atoms with E-state index in [1.807, 2.05) is 0 Å². The molecule has 8 nitrogen and oxygen atoms in total. The molecule has 30 heavy (non-hydrogen) atoms. The van der Waals surface area contributed by atoms with Crippen LogP contribution in [-0.2, 0) is 14.3 Å². The van der Waals surface area contributed by atoms with Crippen LogP contribution in [0.5, 0.6) is 5.75 Å². The number of esters is 1. The topological polar surface area (TPSA) is 107 Å². The first-order valence-corrected chi connectivity index (χ1v) is 9.44. The maximum absolute atomic E-state index is 12.9. The van der Waals surface area contributed by atoms with E-state index in [0.717, 1.165) is 0 Å². The van der Waals surface area contributed by atoms with Gasteiger partial charge in [-0.05, 0) is 31.2 Å². The molecule has 0 saturated carbocycles. The van der Waals surface area contributed by atoms with Gasteiger partial charge in [0.2, 0.25) is 11.7 Å². The summed E-state index contributed by atoms with van der Waals surface area (Å²) in [4.78, 5) is 36.8. The maximum atomic E-state index is 12.9. The monoisotopic (exact) mass is 410 g/mol. The van der Waals surface area contributed by atoms with Crippen LogP contribution in [0.1, 0.15) is 30.3 Å². The zero-order valence-corrected chi connectivity index (χ0v) is 16.7. The largest absolute Gasteiger partial charge is 0.495 e. The normalized spacial score (nSPS) is 10.5. The minimum absolute atomic E-state index is 0.0495. The summed E-state index contributed by atoms with van der Waals surface area (Å²) in [7, 11) is 1.50. The molecule has 0 saturated heterocycles. The molecule has 0 aliphatic rings. The van der Waals surface area contributed by atoms with Crippen LogP contribution in [0.2, 0.25) is 0 Å². The quantitative estimate of drug-likeness (QED) is 0.544. The summed E-state index contributed by atoms with van der Waals surface area (Å²) in [5, 5.41) is 6.01. The zero-order chi connectivity index (χ0) is 21.5. The van der Waals surface area contributed by atoms with Crippen LogP contribution >= 0.6 is 0 Å². The average Bonchev–Trinajstić information content (AvgIpc) is 3.11. The second-order valence-electron chi connectivity index (χ2n) is 6.31. The minimum Gasteiger partial charge on any atom is -0.495 e. The van der Waals surface area contributed by atoms with Gasteiger partial charge >= 0.3 is 5.97 Å². The number of rotatable bonds is 8. The zero-order valence-electron chi connectivity index (χ0n) is 16.7. The molecule has 2 N–H and O–H groups in total. The summed E-state index contributed by atoms with van der Waals surface area (Å²) < 4.78 is 15.8. The first kappa shape index (κ1) is 20.9. The maximum Gasteiger partial charge on any atom is 0.306 e. The van der Waals surface area contributed by atoms with Gasteiger partial charge in [0.05, 0.1) is 25.8 Å². The van der Waals surface area contributed by atoms with Crippen LogP contribution in [-0.4, -0.2) is 31.5 Å². The number of carbonyl (C=O) groups is 3. The van der Waals surface area contributed by atoms with Crippen LogP contribution in [0.15, 0.2) is 52.9 Å². The molecule has 0 bridgehead atoms. The molecule has 3 aromatic rings. The van der Waals surface area contributed by atoms with Crippen LogP contribution in [0.4, 0.5) is 11.4 Å². The van der Waals surface area contributed by atoms with Crippen molar-refractivity contribution in [2.24, 2.45) is 0 Å². The Bertz CT molecular complexity index is 1070. The number of furan rings is 1. The molecule has 2 amide bonds. The number of carbonyl (C=O) groups excluding carboxylic acids is 3. The van der Waals surface area contributed by atoms with Crippen molar-refractivity contribution >= 4 is 40.1 Å². The van der Waals surface area contributed by atoms with Crippen molar-refractivity contribution in [2.45, 2.75) is 19.8 Å². The lowest BCUT2D eigenvalue weighted by atomic mass is 10.2. The first-order valence-electron chi connectivity index (χ1n) is 9.44. The Morgan fingerprint density at radius 1 is 0.967 bits per heavy atom. The Labute approximate surface area is 173 Å². The number of hydrogen-bond donors (Lipinski definition) is 2. The third kappa shape index (κ3) is 4.78. The molecular weight excluding hydrogens is 388 g/mol. The fourth-order valence-electron chi connectivity index (χ4n) is 2.91. The van der Waals surface area contributed by atoms with Gasteiger partial charge in [-0.15, -0.1) is 0 Å². The third-order valence-electron chi connectivity index (χ3n) is 4.28. The van der Waals surface area contributed by atoms with Crippen molar-refractivity contribution < 1.29 is 28.3 Å². The summed E-state index contributed by atoms with van der Waals surface area (Å²) in [6.07, 6.45) is -0.135. The standard InChI is InChI=1S/C22H22N2O6/c1-3-29-19(26)13-12-18(25)24-20-14-8-4-6-10-16(14)30-21(20)22(27)23-15-9-5-7-11-17(15)28-2/h4-11H,3,12-13H2,1-2H3,(H,23,27)(H,24,25). The minimum atomic E-state index is -0.545. The molecule has 3 rings (SSSR count). The van der Waals surface area contributed by atoms with Crippen LogP contribution in [0.3, 0.4) is 0 Å². The van der Waals surface area contributed by atoms with E-state index in [2.05, 4.69) is 10.6 Å². The van der Waals surface area contributed by atoms with Crippen LogP contribution in [0.25, 0.3) is 11.0 Å². The van der Waals surface area contributed by atoms with Crippen LogP contribution in [0, 0.1) is 0 Å². The van der Waals surface area contributed by atoms with Gasteiger partial charge in [-0.1, -0.05) is 24.3 Å². The summed E-state index contributed by atoms with van der Waals surface area (Å²) in [6.45, 7) is 1.95. The number of fused-ring (bicyclic) bond motifs is 1. The van der Waals surface area contributed by atoms with Gasteiger partial charge in [0.1, 0.15) is 17.0 Å². The highest BCUT2D eigenvalue weighted by molar-refractivity contribution is 6.14. The summed E-state index contributed by atoms with van der Waals surface area (Å²) in [6, 6.07) is 13.9. The predicted molar refractivity (Wildman–Crippen MR) is 112 cm³/mol. The highest BCUT2D eigenvalue weighted by Gasteiger charge is 2.23. The Morgan fingerprint density at radius 3 is 2.47 bits per heavy atom. The third-order valence-corrected chi connectivity index (χ3v) is 4.28. The number of benzene rings is 2. The van der Waals surface area contributed by atoms with Gasteiger partial charge in [-0.2, -0.15) is 0 Å². The summed E-state index contributed by atoms with van der Waals surface area (Å²) >= 11 is 0. The first-order chi connectivity index (χ1) is 14.5. The molecule has 0 radical (unpaired) electrons. The van der Waals surface area contributed by atoms with Crippen molar-refractivity contribution in [3.63, 3.8) is 0 Å². The lowest BCUT2D eigenvalue weighted by molar-refractivity contribution is -0.144. The predicted octanol–water partition coefficient (Wildman–Crippen LogP) is 3.98. The Balaban J connectivity index is 1.85. The van der Waals surface area contributed by atoms with Crippen molar-refractivity contribution in [2.75, 3.05) is 24.4 Å². The summed E-state index contributed by atoms with van der Waals surface area (Å²) in [5.41, 5.74) is 1.15. The van der Waals surface area contributed by atoms with Crippen molar-refractivity contribution in [1.29, 1.82) is 0 Å². The summed E-state index contributed by atoms with van der Waals surface area (Å²) in [5.74, 6) is -0.996. The average molecular weight is 410 g/mol. The van der Waals surface area contributed by atoms with Gasteiger partial charge in [-0.25, -0.2) is 0 Å². The van der Waals surface area contributed by atoms with E-state index in [9.17, 15) is 14.4 Å². The van der Waals surface area contributed by atoms with Gasteiger partial charge in [0, 0.05) is 11.8 Å². The lowest BCUT2D eigenvalue weighted by Crippen LogP contribution is -2.18. The molecule has 0 aliphatic carbocycles. The highest BCUT2D eigenvalue weighted by atomic mass is 16.5. The van der Waals surface area contributed by atoms with Gasteiger partial charge in [-0.3, -0.25) is 14.4 Å².